The first kappa shape index (κ1) is 13.4. The van der Waals surface area contributed by atoms with Gasteiger partial charge in [-0.1, -0.05) is 27.7 Å². The Balaban J connectivity index is 3.62. The van der Waals surface area contributed by atoms with E-state index in [4.69, 9.17) is 4.74 Å². The van der Waals surface area contributed by atoms with E-state index in [1.165, 1.54) is 0 Å². The summed E-state index contributed by atoms with van der Waals surface area (Å²) < 4.78 is 5.27. The molecule has 0 aliphatic rings. The van der Waals surface area contributed by atoms with Crippen molar-refractivity contribution in [3.8, 4) is 0 Å². The Bertz CT molecular complexity index is 167. The first-order chi connectivity index (χ1) is 6.43. The van der Waals surface area contributed by atoms with Gasteiger partial charge in [-0.05, 0) is 11.8 Å². The number of carbonyl (C=O) groups is 1. The SMILES string of the molecule is CC(C)COCC(=O)N(C)CC(C)C. The Hall–Kier alpha value is -0.570. The summed E-state index contributed by atoms with van der Waals surface area (Å²) in [6, 6.07) is 0. The minimum absolute atomic E-state index is 0.0688. The highest BCUT2D eigenvalue weighted by molar-refractivity contribution is 5.77. The zero-order valence-corrected chi connectivity index (χ0v) is 10.0. The summed E-state index contributed by atoms with van der Waals surface area (Å²) in [7, 11) is 1.82. The van der Waals surface area contributed by atoms with Crippen LogP contribution >= 0.6 is 0 Å². The molecule has 0 saturated heterocycles. The zero-order valence-electron chi connectivity index (χ0n) is 10.0. The molecule has 0 aromatic heterocycles. The third kappa shape index (κ3) is 6.89. The molecular formula is C11H23NO2. The predicted molar refractivity (Wildman–Crippen MR) is 58.1 cm³/mol. The number of amides is 1. The van der Waals surface area contributed by atoms with E-state index in [0.717, 1.165) is 6.54 Å². The van der Waals surface area contributed by atoms with Crippen molar-refractivity contribution in [2.24, 2.45) is 11.8 Å². The summed E-state index contributed by atoms with van der Waals surface area (Å²) >= 11 is 0. The molecule has 0 atom stereocenters. The summed E-state index contributed by atoms with van der Waals surface area (Å²) in [6.45, 7) is 9.99. The molecule has 0 bridgehead atoms. The van der Waals surface area contributed by atoms with Crippen LogP contribution in [-0.2, 0) is 9.53 Å². The molecule has 1 amide bonds. The van der Waals surface area contributed by atoms with Gasteiger partial charge in [-0.25, -0.2) is 0 Å². The lowest BCUT2D eigenvalue weighted by Gasteiger charge is -2.19. The molecule has 0 heterocycles. The van der Waals surface area contributed by atoms with Crippen LogP contribution in [0.2, 0.25) is 0 Å². The van der Waals surface area contributed by atoms with Crippen molar-refractivity contribution in [3.63, 3.8) is 0 Å². The fourth-order valence-corrected chi connectivity index (χ4v) is 1.14. The normalized spacial score (nSPS) is 11.1. The Morgan fingerprint density at radius 1 is 1.21 bits per heavy atom. The van der Waals surface area contributed by atoms with Gasteiger partial charge in [0.2, 0.25) is 5.91 Å². The van der Waals surface area contributed by atoms with Crippen LogP contribution in [0.1, 0.15) is 27.7 Å². The Labute approximate surface area is 87.4 Å². The second kappa shape index (κ2) is 6.82. The highest BCUT2D eigenvalue weighted by Crippen LogP contribution is 1.98. The summed E-state index contributed by atoms with van der Waals surface area (Å²) in [6.07, 6.45) is 0. The van der Waals surface area contributed by atoms with Crippen molar-refractivity contribution < 1.29 is 9.53 Å². The van der Waals surface area contributed by atoms with Crippen LogP contribution < -0.4 is 0 Å². The molecule has 0 radical (unpaired) electrons. The molecule has 0 aromatic carbocycles. The monoisotopic (exact) mass is 201 g/mol. The van der Waals surface area contributed by atoms with E-state index >= 15 is 0 Å². The number of rotatable bonds is 6. The molecule has 14 heavy (non-hydrogen) atoms. The third-order valence-corrected chi connectivity index (χ3v) is 1.74. The lowest BCUT2D eigenvalue weighted by Crippen LogP contribution is -2.33. The van der Waals surface area contributed by atoms with Gasteiger partial charge in [0, 0.05) is 20.2 Å². The van der Waals surface area contributed by atoms with Gasteiger partial charge in [-0.15, -0.1) is 0 Å². The molecule has 3 heteroatoms. The first-order valence-electron chi connectivity index (χ1n) is 5.25. The maximum absolute atomic E-state index is 11.5. The van der Waals surface area contributed by atoms with Crippen LogP contribution in [0, 0.1) is 11.8 Å². The molecule has 0 rings (SSSR count). The van der Waals surface area contributed by atoms with Gasteiger partial charge in [0.15, 0.2) is 0 Å². The van der Waals surface area contributed by atoms with E-state index in [1.54, 1.807) is 4.90 Å². The van der Waals surface area contributed by atoms with E-state index in [1.807, 2.05) is 7.05 Å². The van der Waals surface area contributed by atoms with Crippen LogP contribution in [0.5, 0.6) is 0 Å². The Morgan fingerprint density at radius 3 is 2.21 bits per heavy atom. The van der Waals surface area contributed by atoms with Crippen LogP contribution in [-0.4, -0.2) is 37.6 Å². The van der Waals surface area contributed by atoms with Crippen LogP contribution in [0.3, 0.4) is 0 Å². The quantitative estimate of drug-likeness (QED) is 0.655. The maximum atomic E-state index is 11.5. The first-order valence-corrected chi connectivity index (χ1v) is 5.25. The molecule has 0 unspecified atom stereocenters. The van der Waals surface area contributed by atoms with E-state index in [0.29, 0.717) is 18.4 Å². The molecule has 0 N–H and O–H groups in total. The summed E-state index contributed by atoms with van der Waals surface area (Å²) in [5.41, 5.74) is 0. The van der Waals surface area contributed by atoms with Crippen LogP contribution in [0.25, 0.3) is 0 Å². The largest absolute Gasteiger partial charge is 0.371 e. The highest BCUT2D eigenvalue weighted by Gasteiger charge is 2.10. The van der Waals surface area contributed by atoms with Gasteiger partial charge in [0.25, 0.3) is 0 Å². The van der Waals surface area contributed by atoms with Crippen molar-refractivity contribution in [1.82, 2.24) is 4.90 Å². The molecule has 84 valence electrons. The number of nitrogens with zero attached hydrogens (tertiary/aromatic N) is 1. The number of likely N-dealkylation sites (N-methyl/N-ethyl adjacent to an activating group) is 1. The van der Waals surface area contributed by atoms with Gasteiger partial charge < -0.3 is 9.64 Å². The summed E-state index contributed by atoms with van der Waals surface area (Å²) in [5, 5.41) is 0. The number of hydrogen-bond donors (Lipinski definition) is 0. The van der Waals surface area contributed by atoms with E-state index < -0.39 is 0 Å². The second-order valence-corrected chi connectivity index (χ2v) is 4.58. The minimum Gasteiger partial charge on any atom is -0.371 e. The smallest absolute Gasteiger partial charge is 0.248 e. The summed E-state index contributed by atoms with van der Waals surface area (Å²) in [5.74, 6) is 1.06. The third-order valence-electron chi connectivity index (χ3n) is 1.74. The molecule has 0 aromatic rings. The van der Waals surface area contributed by atoms with Crippen molar-refractivity contribution >= 4 is 5.91 Å². The lowest BCUT2D eigenvalue weighted by molar-refractivity contribution is -0.135. The van der Waals surface area contributed by atoms with Gasteiger partial charge in [0.1, 0.15) is 6.61 Å². The van der Waals surface area contributed by atoms with Gasteiger partial charge in [-0.3, -0.25) is 4.79 Å². The molecule has 0 aliphatic carbocycles. The molecule has 0 saturated carbocycles. The fraction of sp³-hybridized carbons (Fsp3) is 0.909. The van der Waals surface area contributed by atoms with Gasteiger partial charge in [0.05, 0.1) is 0 Å². The molecule has 0 fully saturated rings. The fourth-order valence-electron chi connectivity index (χ4n) is 1.14. The predicted octanol–water partition coefficient (Wildman–Crippen LogP) is 1.77. The lowest BCUT2D eigenvalue weighted by atomic mass is 10.2. The maximum Gasteiger partial charge on any atom is 0.248 e. The van der Waals surface area contributed by atoms with E-state index in [-0.39, 0.29) is 12.5 Å². The van der Waals surface area contributed by atoms with E-state index in [9.17, 15) is 4.79 Å². The average Bonchev–Trinajstić information content (AvgIpc) is 2.01. The Kier molecular flexibility index (Phi) is 6.54. The minimum atomic E-state index is 0.0688. The van der Waals surface area contributed by atoms with Crippen molar-refractivity contribution in [2.75, 3.05) is 26.8 Å². The van der Waals surface area contributed by atoms with Gasteiger partial charge in [-0.2, -0.15) is 0 Å². The standard InChI is InChI=1S/C11H23NO2/c1-9(2)6-12(5)11(13)8-14-7-10(3)4/h9-10H,6-8H2,1-5H3. The zero-order chi connectivity index (χ0) is 11.1. The van der Waals surface area contributed by atoms with Crippen molar-refractivity contribution in [1.29, 1.82) is 0 Å². The molecule has 0 aliphatic heterocycles. The number of carbonyl (C=O) groups excluding carboxylic acids is 1. The topological polar surface area (TPSA) is 29.5 Å². The Morgan fingerprint density at radius 2 is 1.79 bits per heavy atom. The number of ether oxygens (including phenoxy) is 1. The van der Waals surface area contributed by atoms with Crippen LogP contribution in [0.15, 0.2) is 0 Å². The van der Waals surface area contributed by atoms with Crippen molar-refractivity contribution in [3.05, 3.63) is 0 Å². The second-order valence-electron chi connectivity index (χ2n) is 4.58. The number of hydrogen-bond acceptors (Lipinski definition) is 2. The molecule has 0 spiro atoms. The highest BCUT2D eigenvalue weighted by atomic mass is 16.5. The molecular weight excluding hydrogens is 178 g/mol. The average molecular weight is 201 g/mol. The van der Waals surface area contributed by atoms with Crippen LogP contribution in [0.4, 0.5) is 0 Å². The molecule has 3 nitrogen and oxygen atoms in total. The van der Waals surface area contributed by atoms with Gasteiger partial charge >= 0.3 is 0 Å². The summed E-state index contributed by atoms with van der Waals surface area (Å²) in [4.78, 5) is 13.2. The van der Waals surface area contributed by atoms with E-state index in [2.05, 4.69) is 27.7 Å². The van der Waals surface area contributed by atoms with Crippen molar-refractivity contribution in [2.45, 2.75) is 27.7 Å².